The first kappa shape index (κ1) is 31.5. The van der Waals surface area contributed by atoms with Crippen LogP contribution in [0.5, 0.6) is 0 Å². The van der Waals surface area contributed by atoms with Crippen LogP contribution in [0.3, 0.4) is 0 Å². The number of carboxylic acids is 2. The summed E-state index contributed by atoms with van der Waals surface area (Å²) in [5.41, 5.74) is 10.3. The smallest absolute Gasteiger partial charge is 0.414 e. The van der Waals surface area contributed by atoms with E-state index in [-0.39, 0.29) is 35.5 Å². The van der Waals surface area contributed by atoms with Gasteiger partial charge in [0.15, 0.2) is 0 Å². The topological polar surface area (TPSA) is 204 Å². The number of nitrogens with zero attached hydrogens (tertiary/aromatic N) is 2. The number of likely N-dealkylation sites (tertiary alicyclic amines) is 2. The zero-order valence-electron chi connectivity index (χ0n) is 23.0. The molecular weight excluding hydrogens is 504 g/mol. The van der Waals surface area contributed by atoms with Gasteiger partial charge in [0.1, 0.15) is 22.4 Å². The van der Waals surface area contributed by atoms with Crippen molar-refractivity contribution in [3.63, 3.8) is 0 Å². The molecular formula is C24H42N4O10. The van der Waals surface area contributed by atoms with E-state index in [1.807, 2.05) is 41.5 Å². The number of carbonyl (C=O) groups excluding carboxylic acids is 2. The Morgan fingerprint density at radius 1 is 0.711 bits per heavy atom. The maximum Gasteiger partial charge on any atom is 0.414 e. The number of rotatable bonds is 0. The predicted molar refractivity (Wildman–Crippen MR) is 133 cm³/mol. The first-order valence-electron chi connectivity index (χ1n) is 12.4. The molecule has 0 aromatic rings. The van der Waals surface area contributed by atoms with Crippen LogP contribution in [0.15, 0.2) is 0 Å². The van der Waals surface area contributed by atoms with Crippen LogP contribution in [-0.2, 0) is 28.5 Å². The number of nitrogens with two attached hydrogens (primary N) is 2. The predicted octanol–water partition coefficient (Wildman–Crippen LogP) is 0.603. The molecule has 0 saturated carbocycles. The van der Waals surface area contributed by atoms with Crippen LogP contribution >= 0.6 is 0 Å². The highest BCUT2D eigenvalue weighted by atomic mass is 16.6. The Bertz CT molecular complexity index is 814. The van der Waals surface area contributed by atoms with Crippen LogP contribution in [0.4, 0.5) is 9.59 Å². The molecule has 4 aliphatic rings. The van der Waals surface area contributed by atoms with E-state index in [1.165, 1.54) is 0 Å². The van der Waals surface area contributed by atoms with Crippen LogP contribution in [-0.4, -0.2) is 118 Å². The maximum atomic E-state index is 11.7. The van der Waals surface area contributed by atoms with E-state index in [9.17, 15) is 9.59 Å². The van der Waals surface area contributed by atoms with Crippen molar-refractivity contribution in [2.75, 3.05) is 39.4 Å². The van der Waals surface area contributed by atoms with Gasteiger partial charge in [-0.3, -0.25) is 0 Å². The van der Waals surface area contributed by atoms with Crippen molar-refractivity contribution < 1.29 is 48.3 Å². The van der Waals surface area contributed by atoms with Crippen molar-refractivity contribution in [2.24, 2.45) is 11.5 Å². The third kappa shape index (κ3) is 9.26. The van der Waals surface area contributed by atoms with E-state index < -0.39 is 23.1 Å². The quantitative estimate of drug-likeness (QED) is 0.308. The highest BCUT2D eigenvalue weighted by molar-refractivity contribution is 6.27. The standard InChI is InChI=1S/2C11H20N2O3.C2H2O4/c2*1-10(2,3)16-9(14)13-6-11(7-13)4-8(12)5-15-11;3-1(4)2(5)6/h2*8H,4-7,12H2,1-3H3;(H,3,4)(H,5,6). The van der Waals surface area contributed by atoms with Gasteiger partial charge < -0.3 is 50.4 Å². The lowest BCUT2D eigenvalue weighted by molar-refractivity contribution is -0.159. The fourth-order valence-electron chi connectivity index (χ4n) is 4.41. The summed E-state index contributed by atoms with van der Waals surface area (Å²) in [5.74, 6) is -3.65. The number of hydrogen-bond acceptors (Lipinski definition) is 10. The number of carboxylic acid groups (broad SMARTS) is 2. The molecule has 0 aromatic carbocycles. The van der Waals surface area contributed by atoms with Gasteiger partial charge in [-0.15, -0.1) is 0 Å². The largest absolute Gasteiger partial charge is 0.473 e. The van der Waals surface area contributed by atoms with Gasteiger partial charge in [-0.25, -0.2) is 19.2 Å². The molecule has 2 spiro atoms. The van der Waals surface area contributed by atoms with Gasteiger partial charge >= 0.3 is 24.1 Å². The zero-order valence-corrected chi connectivity index (χ0v) is 23.0. The van der Waals surface area contributed by atoms with E-state index in [4.69, 9.17) is 50.2 Å². The Morgan fingerprint density at radius 2 is 1.00 bits per heavy atom. The van der Waals surface area contributed by atoms with E-state index in [0.29, 0.717) is 39.4 Å². The van der Waals surface area contributed by atoms with Crippen LogP contribution < -0.4 is 11.5 Å². The molecule has 4 rings (SSSR count). The molecule has 4 fully saturated rings. The fraction of sp³-hybridized carbons (Fsp3) is 0.833. The van der Waals surface area contributed by atoms with Gasteiger partial charge in [-0.1, -0.05) is 0 Å². The molecule has 218 valence electrons. The van der Waals surface area contributed by atoms with Crippen molar-refractivity contribution in [1.82, 2.24) is 9.80 Å². The van der Waals surface area contributed by atoms with Crippen molar-refractivity contribution >= 4 is 24.1 Å². The van der Waals surface area contributed by atoms with Crippen molar-refractivity contribution in [3.8, 4) is 0 Å². The zero-order chi connectivity index (χ0) is 29.1. The van der Waals surface area contributed by atoms with Crippen molar-refractivity contribution in [2.45, 2.75) is 88.9 Å². The number of aliphatic carboxylic acids is 2. The van der Waals surface area contributed by atoms with Gasteiger partial charge in [-0.2, -0.15) is 0 Å². The Balaban J connectivity index is 0.000000221. The second-order valence-corrected chi connectivity index (χ2v) is 12.2. The molecule has 0 aliphatic carbocycles. The average molecular weight is 547 g/mol. The van der Waals surface area contributed by atoms with E-state index in [2.05, 4.69) is 0 Å². The SMILES string of the molecule is CC(C)(C)OC(=O)N1CC2(CC(N)CO2)C1.CC(C)(C)OC(=O)N1CC2(CC(N)CO2)C1.O=C(O)C(=O)O. The molecule has 2 unspecified atom stereocenters. The molecule has 14 nitrogen and oxygen atoms in total. The summed E-state index contributed by atoms with van der Waals surface area (Å²) >= 11 is 0. The second-order valence-electron chi connectivity index (χ2n) is 12.2. The average Bonchev–Trinajstić information content (AvgIpc) is 3.27. The minimum atomic E-state index is -1.82. The Hall–Kier alpha value is -2.68. The van der Waals surface area contributed by atoms with Gasteiger partial charge in [0, 0.05) is 12.1 Å². The number of carbonyl (C=O) groups is 4. The van der Waals surface area contributed by atoms with Crippen LogP contribution in [0.2, 0.25) is 0 Å². The summed E-state index contributed by atoms with van der Waals surface area (Å²) in [6, 6.07) is 0.224. The van der Waals surface area contributed by atoms with Crippen molar-refractivity contribution in [3.05, 3.63) is 0 Å². The molecule has 14 heteroatoms. The summed E-state index contributed by atoms with van der Waals surface area (Å²) in [4.78, 5) is 44.9. The molecule has 4 aliphatic heterocycles. The highest BCUT2D eigenvalue weighted by Crippen LogP contribution is 2.36. The molecule has 0 aromatic heterocycles. The normalized spacial score (nSPS) is 24.7. The molecule has 6 N–H and O–H groups in total. The number of ether oxygens (including phenoxy) is 4. The third-order valence-electron chi connectivity index (χ3n) is 5.88. The summed E-state index contributed by atoms with van der Waals surface area (Å²) < 4.78 is 21.8. The maximum absolute atomic E-state index is 11.7. The fourth-order valence-corrected chi connectivity index (χ4v) is 4.41. The second kappa shape index (κ2) is 11.6. The van der Waals surface area contributed by atoms with Crippen molar-refractivity contribution in [1.29, 1.82) is 0 Å². The Kier molecular flexibility index (Phi) is 9.62. The van der Waals surface area contributed by atoms with Gasteiger partial charge in [-0.05, 0) is 54.4 Å². The number of hydrogen-bond donors (Lipinski definition) is 4. The van der Waals surface area contributed by atoms with Gasteiger partial charge in [0.2, 0.25) is 0 Å². The Labute approximate surface area is 222 Å². The lowest BCUT2D eigenvalue weighted by Gasteiger charge is -2.46. The molecule has 2 amide bonds. The summed E-state index contributed by atoms with van der Waals surface area (Å²) in [6.07, 6.45) is 1.16. The molecule has 2 atom stereocenters. The van der Waals surface area contributed by atoms with Crippen LogP contribution in [0.1, 0.15) is 54.4 Å². The minimum Gasteiger partial charge on any atom is -0.473 e. The monoisotopic (exact) mass is 546 g/mol. The van der Waals surface area contributed by atoms with E-state index in [1.54, 1.807) is 9.80 Å². The third-order valence-corrected chi connectivity index (χ3v) is 5.88. The minimum absolute atomic E-state index is 0.112. The summed E-state index contributed by atoms with van der Waals surface area (Å²) in [5, 5.41) is 14.8. The summed E-state index contributed by atoms with van der Waals surface area (Å²) in [6.45, 7) is 14.8. The van der Waals surface area contributed by atoms with Gasteiger partial charge in [0.25, 0.3) is 0 Å². The molecule has 38 heavy (non-hydrogen) atoms. The van der Waals surface area contributed by atoms with E-state index >= 15 is 0 Å². The molecule has 0 bridgehead atoms. The highest BCUT2D eigenvalue weighted by Gasteiger charge is 2.52. The summed E-state index contributed by atoms with van der Waals surface area (Å²) in [7, 11) is 0. The first-order valence-corrected chi connectivity index (χ1v) is 12.4. The van der Waals surface area contributed by atoms with E-state index in [0.717, 1.165) is 12.8 Å². The molecule has 4 saturated heterocycles. The lowest BCUT2D eigenvalue weighted by atomic mass is 9.90. The van der Waals surface area contributed by atoms with Crippen LogP contribution in [0.25, 0.3) is 0 Å². The lowest BCUT2D eigenvalue weighted by Crippen LogP contribution is -2.64. The first-order chi connectivity index (χ1) is 17.2. The Morgan fingerprint density at radius 3 is 1.18 bits per heavy atom. The molecule has 0 radical (unpaired) electrons. The number of amides is 2. The molecule has 4 heterocycles. The van der Waals surface area contributed by atoms with Gasteiger partial charge in [0.05, 0.1) is 39.4 Å². The van der Waals surface area contributed by atoms with Crippen LogP contribution in [0, 0.1) is 0 Å².